The number of hydrogen-bond acceptors (Lipinski definition) is 8. The van der Waals surface area contributed by atoms with Gasteiger partial charge in [0.05, 0.1) is 22.7 Å². The second-order valence-electron chi connectivity index (χ2n) is 8.62. The number of halogens is 2. The number of sulfonamides is 1. The molecule has 0 saturated heterocycles. The lowest BCUT2D eigenvalue weighted by molar-refractivity contribution is -0.141. The first kappa shape index (κ1) is 28.8. The molecule has 39 heavy (non-hydrogen) atoms. The number of unbranched alkanes of at least 4 members (excludes halogenated alkanes) is 1. The molecule has 2 aromatic carbocycles. The third kappa shape index (κ3) is 6.52. The minimum absolute atomic E-state index is 0.127. The van der Waals surface area contributed by atoms with Crippen molar-refractivity contribution in [1.82, 2.24) is 14.8 Å². The summed E-state index contributed by atoms with van der Waals surface area (Å²) in [4.78, 5) is 12.4. The average Bonchev–Trinajstić information content (AvgIpc) is 3.29. The molecule has 0 aliphatic rings. The van der Waals surface area contributed by atoms with Crippen LogP contribution in [0.2, 0.25) is 10.0 Å². The fourth-order valence-electron chi connectivity index (χ4n) is 3.74. The third-order valence-corrected chi connectivity index (χ3v) is 8.84. The van der Waals surface area contributed by atoms with E-state index < -0.39 is 32.4 Å². The molecular weight excluding hydrogens is 587 g/mol. The maximum absolute atomic E-state index is 13.7. The highest BCUT2D eigenvalue weighted by Gasteiger charge is 2.29. The summed E-state index contributed by atoms with van der Waals surface area (Å²) in [5.41, 5.74) is 0.858. The zero-order chi connectivity index (χ0) is 28.4. The molecule has 0 amide bonds. The topological polar surface area (TPSA) is 129 Å². The van der Waals surface area contributed by atoms with Crippen LogP contribution in [-0.2, 0) is 29.4 Å². The van der Waals surface area contributed by atoms with Crippen molar-refractivity contribution in [3.63, 3.8) is 0 Å². The second kappa shape index (κ2) is 11.5. The van der Waals surface area contributed by atoms with Crippen LogP contribution in [0, 0.1) is 0 Å². The number of carbonyl (C=O) groups excluding carboxylic acids is 1. The lowest BCUT2D eigenvalue weighted by Gasteiger charge is -2.24. The third-order valence-electron chi connectivity index (χ3n) is 5.67. The van der Waals surface area contributed by atoms with E-state index in [1.165, 1.54) is 30.3 Å². The molecule has 2 aromatic heterocycles. The predicted octanol–water partition coefficient (Wildman–Crippen LogP) is 4.67. The zero-order valence-corrected chi connectivity index (χ0v) is 24.1. The number of sulfone groups is 1. The van der Waals surface area contributed by atoms with E-state index in [9.17, 15) is 21.6 Å². The normalized spacial score (nSPS) is 12.0. The molecule has 206 valence electrons. The van der Waals surface area contributed by atoms with E-state index >= 15 is 0 Å². The highest BCUT2D eigenvalue weighted by atomic mass is 35.5. The van der Waals surface area contributed by atoms with E-state index in [0.29, 0.717) is 23.1 Å². The summed E-state index contributed by atoms with van der Waals surface area (Å²) < 4.78 is 58.7. The van der Waals surface area contributed by atoms with Gasteiger partial charge in [-0.2, -0.15) is 0 Å². The van der Waals surface area contributed by atoms with Gasteiger partial charge in [-0.05, 0) is 61.0 Å². The Kier molecular flexibility index (Phi) is 8.50. The second-order valence-corrected chi connectivity index (χ2v) is 13.3. The number of nitrogens with zero attached hydrogens (tertiary/aromatic N) is 4. The van der Waals surface area contributed by atoms with Crippen molar-refractivity contribution < 1.29 is 26.4 Å². The van der Waals surface area contributed by atoms with Gasteiger partial charge in [-0.1, -0.05) is 36.5 Å². The molecule has 10 nitrogen and oxygen atoms in total. The van der Waals surface area contributed by atoms with E-state index in [0.717, 1.165) is 17.0 Å². The van der Waals surface area contributed by atoms with Gasteiger partial charge in [0.1, 0.15) is 6.54 Å². The van der Waals surface area contributed by atoms with Gasteiger partial charge in [0.15, 0.2) is 20.7 Å². The number of esters is 1. The quantitative estimate of drug-likeness (QED) is 0.187. The van der Waals surface area contributed by atoms with Crippen molar-refractivity contribution in [1.29, 1.82) is 0 Å². The molecular formula is C25H24Cl2N4O6S2. The maximum Gasteiger partial charge on any atom is 0.326 e. The van der Waals surface area contributed by atoms with Crippen LogP contribution in [0.15, 0.2) is 70.7 Å². The first-order chi connectivity index (χ1) is 18.4. The van der Waals surface area contributed by atoms with Gasteiger partial charge >= 0.3 is 5.97 Å². The van der Waals surface area contributed by atoms with Crippen LogP contribution in [0.5, 0.6) is 0 Å². The summed E-state index contributed by atoms with van der Waals surface area (Å²) in [6.07, 6.45) is 4.19. The van der Waals surface area contributed by atoms with Crippen molar-refractivity contribution in [2.45, 2.75) is 29.7 Å². The van der Waals surface area contributed by atoms with Crippen LogP contribution in [0.25, 0.3) is 16.7 Å². The number of benzene rings is 2. The summed E-state index contributed by atoms with van der Waals surface area (Å²) in [6.45, 7) is 1.55. The number of hydrogen-bond donors (Lipinski definition) is 0. The largest absolute Gasteiger partial charge is 0.464 e. The Morgan fingerprint density at radius 3 is 2.31 bits per heavy atom. The molecule has 0 aliphatic carbocycles. The Balaban J connectivity index is 1.75. The standard InChI is InChI=1S/C25H24Cl2N4O6S2/c1-3-4-11-37-25(32)16-31(39(35,36)21-14-18(26)13-19(27)15-21)20-5-6-22-17(12-20)9-10-30(22)23-7-8-24(29-28-23)38(2,33)34/h5-10,12-15H,3-4,11,16H2,1-2H3. The van der Waals surface area contributed by atoms with Crippen molar-refractivity contribution in [3.05, 3.63) is 70.8 Å². The van der Waals surface area contributed by atoms with Gasteiger partial charge < -0.3 is 4.74 Å². The van der Waals surface area contributed by atoms with Crippen LogP contribution < -0.4 is 4.31 Å². The minimum atomic E-state index is -4.28. The highest BCUT2D eigenvalue weighted by molar-refractivity contribution is 7.93. The zero-order valence-electron chi connectivity index (χ0n) is 20.9. The summed E-state index contributed by atoms with van der Waals surface area (Å²) in [5.74, 6) is -0.346. The van der Waals surface area contributed by atoms with E-state index in [-0.39, 0.29) is 32.3 Å². The van der Waals surface area contributed by atoms with Crippen molar-refractivity contribution in [2.75, 3.05) is 23.7 Å². The Hall–Kier alpha value is -3.19. The first-order valence-electron chi connectivity index (χ1n) is 11.7. The molecule has 0 spiro atoms. The van der Waals surface area contributed by atoms with Gasteiger partial charge in [0, 0.05) is 27.9 Å². The number of rotatable bonds is 10. The number of ether oxygens (including phenoxy) is 1. The molecule has 4 aromatic rings. The fourth-order valence-corrected chi connectivity index (χ4v) is 6.37. The van der Waals surface area contributed by atoms with Crippen LogP contribution >= 0.6 is 23.2 Å². The van der Waals surface area contributed by atoms with Gasteiger partial charge in [-0.15, -0.1) is 10.2 Å². The molecule has 14 heteroatoms. The smallest absolute Gasteiger partial charge is 0.326 e. The number of aromatic nitrogens is 3. The summed E-state index contributed by atoms with van der Waals surface area (Å²) >= 11 is 12.1. The van der Waals surface area contributed by atoms with Crippen molar-refractivity contribution in [3.8, 4) is 5.82 Å². The van der Waals surface area contributed by atoms with Gasteiger partial charge in [0.25, 0.3) is 10.0 Å². The Labute approximate surface area is 236 Å². The molecule has 0 fully saturated rings. The molecule has 0 radical (unpaired) electrons. The number of carbonyl (C=O) groups is 1. The first-order valence-corrected chi connectivity index (χ1v) is 15.8. The molecule has 0 atom stereocenters. The van der Waals surface area contributed by atoms with Gasteiger partial charge in [-0.3, -0.25) is 13.7 Å². The summed E-state index contributed by atoms with van der Waals surface area (Å²) in [5, 5.41) is 8.52. The fraction of sp³-hybridized carbons (Fsp3) is 0.240. The molecule has 4 rings (SSSR count). The average molecular weight is 612 g/mol. The minimum Gasteiger partial charge on any atom is -0.464 e. The number of anilines is 1. The SMILES string of the molecule is CCCCOC(=O)CN(c1ccc2c(ccn2-c2ccc(S(C)(=O)=O)nn2)c1)S(=O)(=O)c1cc(Cl)cc(Cl)c1. The summed E-state index contributed by atoms with van der Waals surface area (Å²) in [6, 6.07) is 13.3. The van der Waals surface area contributed by atoms with Crippen LogP contribution in [0.3, 0.4) is 0 Å². The molecule has 0 saturated carbocycles. The molecule has 0 unspecified atom stereocenters. The monoisotopic (exact) mass is 610 g/mol. The van der Waals surface area contributed by atoms with Crippen LogP contribution in [0.1, 0.15) is 19.8 Å². The predicted molar refractivity (Wildman–Crippen MR) is 149 cm³/mol. The highest BCUT2D eigenvalue weighted by Crippen LogP contribution is 2.31. The van der Waals surface area contributed by atoms with Gasteiger partial charge in [0.2, 0.25) is 0 Å². The lowest BCUT2D eigenvalue weighted by Crippen LogP contribution is -2.36. The van der Waals surface area contributed by atoms with Crippen LogP contribution in [-0.4, -0.2) is 57.0 Å². The number of fused-ring (bicyclic) bond motifs is 1. The van der Waals surface area contributed by atoms with E-state index in [4.69, 9.17) is 27.9 Å². The molecule has 0 N–H and O–H groups in total. The Morgan fingerprint density at radius 1 is 0.974 bits per heavy atom. The molecule has 2 heterocycles. The van der Waals surface area contributed by atoms with Crippen molar-refractivity contribution >= 4 is 65.6 Å². The van der Waals surface area contributed by atoms with Crippen LogP contribution in [0.4, 0.5) is 5.69 Å². The Morgan fingerprint density at radius 2 is 1.69 bits per heavy atom. The van der Waals surface area contributed by atoms with E-state index in [1.54, 1.807) is 35.0 Å². The van der Waals surface area contributed by atoms with Gasteiger partial charge in [-0.25, -0.2) is 16.8 Å². The van der Waals surface area contributed by atoms with Crippen molar-refractivity contribution in [2.24, 2.45) is 0 Å². The lowest BCUT2D eigenvalue weighted by atomic mass is 10.2. The molecule has 0 aliphatic heterocycles. The molecule has 0 bridgehead atoms. The van der Waals surface area contributed by atoms with E-state index in [1.807, 2.05) is 6.92 Å². The van der Waals surface area contributed by atoms with E-state index in [2.05, 4.69) is 10.2 Å². The summed E-state index contributed by atoms with van der Waals surface area (Å²) in [7, 11) is -7.79. The Bertz CT molecular complexity index is 1720. The maximum atomic E-state index is 13.7.